The van der Waals surface area contributed by atoms with Crippen molar-refractivity contribution in [2.75, 3.05) is 7.11 Å². The Kier molecular flexibility index (Phi) is 4.04. The van der Waals surface area contributed by atoms with E-state index in [1.807, 2.05) is 12.1 Å². The second kappa shape index (κ2) is 5.54. The summed E-state index contributed by atoms with van der Waals surface area (Å²) in [6.07, 6.45) is 0.917. The van der Waals surface area contributed by atoms with Gasteiger partial charge in [-0.1, -0.05) is 6.92 Å². The fourth-order valence-corrected chi connectivity index (χ4v) is 2.38. The molecule has 0 spiro atoms. The van der Waals surface area contributed by atoms with Gasteiger partial charge in [0, 0.05) is 12.1 Å². The number of hydrogen-bond acceptors (Lipinski definition) is 3. The summed E-state index contributed by atoms with van der Waals surface area (Å²) >= 11 is 3.34. The van der Waals surface area contributed by atoms with Gasteiger partial charge in [0.15, 0.2) is 4.73 Å². The second-order valence-corrected chi connectivity index (χ2v) is 4.69. The van der Waals surface area contributed by atoms with Gasteiger partial charge in [-0.2, -0.15) is 0 Å². The molecule has 4 nitrogen and oxygen atoms in total. The van der Waals surface area contributed by atoms with Gasteiger partial charge in [0.25, 0.3) is 0 Å². The van der Waals surface area contributed by atoms with Gasteiger partial charge in [-0.25, -0.2) is 4.98 Å². The van der Waals surface area contributed by atoms with E-state index in [1.54, 1.807) is 7.11 Å². The van der Waals surface area contributed by atoms with Crippen LogP contribution >= 0.6 is 15.9 Å². The molecule has 1 heterocycles. The van der Waals surface area contributed by atoms with Crippen molar-refractivity contribution in [1.82, 2.24) is 9.97 Å². The van der Waals surface area contributed by atoms with E-state index in [0.29, 0.717) is 11.3 Å². The number of aromatic amines is 1. The van der Waals surface area contributed by atoms with Crippen molar-refractivity contribution < 1.29 is 4.74 Å². The van der Waals surface area contributed by atoms with E-state index in [-0.39, 0.29) is 0 Å². The molecule has 3 N–H and O–H groups in total. The zero-order chi connectivity index (χ0) is 13.1. The summed E-state index contributed by atoms with van der Waals surface area (Å²) in [6, 6.07) is 6.07. The highest BCUT2D eigenvalue weighted by atomic mass is 79.9. The van der Waals surface area contributed by atoms with E-state index >= 15 is 0 Å². The van der Waals surface area contributed by atoms with Crippen molar-refractivity contribution in [3.63, 3.8) is 0 Å². The van der Waals surface area contributed by atoms with Crippen molar-refractivity contribution in [3.05, 3.63) is 34.2 Å². The zero-order valence-electron chi connectivity index (χ0n) is 10.5. The van der Waals surface area contributed by atoms with E-state index in [9.17, 15) is 0 Å². The maximum atomic E-state index is 5.71. The number of nitrogens with one attached hydrogen (secondary N) is 1. The Bertz CT molecular complexity index is 551. The van der Waals surface area contributed by atoms with Crippen molar-refractivity contribution in [2.45, 2.75) is 19.9 Å². The average Bonchev–Trinajstić information content (AvgIpc) is 2.79. The standard InChI is InChI=1S/C13H16BrN3O/c1-3-8-6-9(4-5-11(8)18-2)12-10(7-15)16-13(14)17-12/h4-6H,3,7,15H2,1-2H3,(H,16,17). The summed E-state index contributed by atoms with van der Waals surface area (Å²) in [5.74, 6) is 0.908. The lowest BCUT2D eigenvalue weighted by Gasteiger charge is -2.08. The summed E-state index contributed by atoms with van der Waals surface area (Å²) in [7, 11) is 1.69. The topological polar surface area (TPSA) is 63.9 Å². The number of halogens is 1. The van der Waals surface area contributed by atoms with Crippen LogP contribution in [0, 0.1) is 0 Å². The van der Waals surface area contributed by atoms with E-state index in [4.69, 9.17) is 10.5 Å². The van der Waals surface area contributed by atoms with Crippen LogP contribution in [-0.2, 0) is 13.0 Å². The van der Waals surface area contributed by atoms with Gasteiger partial charge in [0.2, 0.25) is 0 Å². The van der Waals surface area contributed by atoms with Crippen molar-refractivity contribution in [2.24, 2.45) is 5.73 Å². The molecule has 0 amide bonds. The predicted molar refractivity (Wildman–Crippen MR) is 75.5 cm³/mol. The number of rotatable bonds is 4. The van der Waals surface area contributed by atoms with E-state index < -0.39 is 0 Å². The van der Waals surface area contributed by atoms with E-state index in [0.717, 1.165) is 34.7 Å². The van der Waals surface area contributed by atoms with Gasteiger partial charge >= 0.3 is 0 Å². The minimum absolute atomic E-state index is 0.432. The SMILES string of the molecule is CCc1cc(-c2nc(Br)[nH]c2CN)ccc1OC. The first-order valence-electron chi connectivity index (χ1n) is 5.81. The molecule has 0 fully saturated rings. The molecule has 0 atom stereocenters. The Morgan fingerprint density at radius 2 is 2.22 bits per heavy atom. The molecule has 0 aliphatic heterocycles. The van der Waals surface area contributed by atoms with Crippen LogP contribution in [0.4, 0.5) is 0 Å². The fourth-order valence-electron chi connectivity index (χ4n) is 1.97. The molecule has 5 heteroatoms. The number of hydrogen-bond donors (Lipinski definition) is 2. The number of nitrogens with two attached hydrogens (primary N) is 1. The van der Waals surface area contributed by atoms with Crippen LogP contribution < -0.4 is 10.5 Å². The molecule has 0 unspecified atom stereocenters. The number of benzene rings is 1. The number of methoxy groups -OCH3 is 1. The highest BCUT2D eigenvalue weighted by Crippen LogP contribution is 2.28. The number of ether oxygens (including phenoxy) is 1. The Hall–Kier alpha value is -1.33. The van der Waals surface area contributed by atoms with Gasteiger partial charge < -0.3 is 15.5 Å². The molecule has 2 rings (SSSR count). The van der Waals surface area contributed by atoms with Crippen LogP contribution in [0.5, 0.6) is 5.75 Å². The Morgan fingerprint density at radius 1 is 1.44 bits per heavy atom. The highest BCUT2D eigenvalue weighted by Gasteiger charge is 2.11. The third-order valence-corrected chi connectivity index (χ3v) is 3.26. The summed E-state index contributed by atoms with van der Waals surface area (Å²) in [6.45, 7) is 2.54. The lowest BCUT2D eigenvalue weighted by Crippen LogP contribution is -1.99. The molecular weight excluding hydrogens is 294 g/mol. The van der Waals surface area contributed by atoms with Crippen LogP contribution in [0.25, 0.3) is 11.3 Å². The first kappa shape index (κ1) is 13.1. The zero-order valence-corrected chi connectivity index (χ0v) is 12.0. The molecule has 0 radical (unpaired) electrons. The van der Waals surface area contributed by atoms with Gasteiger partial charge in [0.05, 0.1) is 18.5 Å². The van der Waals surface area contributed by atoms with Crippen molar-refractivity contribution >= 4 is 15.9 Å². The van der Waals surface area contributed by atoms with Crippen LogP contribution in [-0.4, -0.2) is 17.1 Å². The smallest absolute Gasteiger partial charge is 0.175 e. The maximum Gasteiger partial charge on any atom is 0.175 e. The normalized spacial score (nSPS) is 10.7. The first-order valence-corrected chi connectivity index (χ1v) is 6.60. The molecule has 1 aromatic carbocycles. The lowest BCUT2D eigenvalue weighted by molar-refractivity contribution is 0.410. The number of imidazole rings is 1. The van der Waals surface area contributed by atoms with E-state index in [1.165, 1.54) is 0 Å². The van der Waals surface area contributed by atoms with E-state index in [2.05, 4.69) is 38.9 Å². The van der Waals surface area contributed by atoms with Crippen molar-refractivity contribution in [3.8, 4) is 17.0 Å². The molecule has 2 aromatic rings. The summed E-state index contributed by atoms with van der Waals surface area (Å²) in [5.41, 5.74) is 9.74. The summed E-state index contributed by atoms with van der Waals surface area (Å²) in [5, 5.41) is 0. The average molecular weight is 310 g/mol. The predicted octanol–water partition coefficient (Wildman–Crippen LogP) is 2.87. The summed E-state index contributed by atoms with van der Waals surface area (Å²) in [4.78, 5) is 7.53. The van der Waals surface area contributed by atoms with Gasteiger partial charge in [0.1, 0.15) is 5.75 Å². The van der Waals surface area contributed by atoms with Gasteiger partial charge in [-0.15, -0.1) is 0 Å². The second-order valence-electron chi connectivity index (χ2n) is 3.94. The molecule has 0 saturated heterocycles. The fraction of sp³-hybridized carbons (Fsp3) is 0.308. The maximum absolute atomic E-state index is 5.71. The van der Waals surface area contributed by atoms with Crippen LogP contribution in [0.2, 0.25) is 0 Å². The van der Waals surface area contributed by atoms with Crippen LogP contribution in [0.15, 0.2) is 22.9 Å². The molecule has 0 aliphatic rings. The highest BCUT2D eigenvalue weighted by molar-refractivity contribution is 9.10. The summed E-state index contributed by atoms with van der Waals surface area (Å²) < 4.78 is 6.03. The molecule has 0 saturated carbocycles. The minimum atomic E-state index is 0.432. The number of aryl methyl sites for hydroxylation is 1. The number of nitrogens with zero attached hydrogens (tertiary/aromatic N) is 1. The molecular formula is C13H16BrN3O. The van der Waals surface area contributed by atoms with Gasteiger partial charge in [-0.05, 0) is 46.1 Å². The van der Waals surface area contributed by atoms with Crippen LogP contribution in [0.3, 0.4) is 0 Å². The third kappa shape index (κ3) is 2.42. The Morgan fingerprint density at radius 3 is 2.83 bits per heavy atom. The first-order chi connectivity index (χ1) is 8.69. The monoisotopic (exact) mass is 309 g/mol. The number of aromatic nitrogens is 2. The van der Waals surface area contributed by atoms with Gasteiger partial charge in [-0.3, -0.25) is 0 Å². The lowest BCUT2D eigenvalue weighted by atomic mass is 10.0. The Balaban J connectivity index is 2.50. The number of H-pyrrole nitrogens is 1. The molecule has 96 valence electrons. The largest absolute Gasteiger partial charge is 0.496 e. The van der Waals surface area contributed by atoms with Crippen LogP contribution in [0.1, 0.15) is 18.2 Å². The molecule has 1 aromatic heterocycles. The third-order valence-electron chi connectivity index (χ3n) is 2.89. The molecule has 0 aliphatic carbocycles. The molecule has 0 bridgehead atoms. The molecule has 18 heavy (non-hydrogen) atoms. The minimum Gasteiger partial charge on any atom is -0.496 e. The van der Waals surface area contributed by atoms with Crippen molar-refractivity contribution in [1.29, 1.82) is 0 Å². The Labute approximate surface area is 115 Å². The quantitative estimate of drug-likeness (QED) is 0.912.